The summed E-state index contributed by atoms with van der Waals surface area (Å²) in [7, 11) is 0. The van der Waals surface area contributed by atoms with Gasteiger partial charge < -0.3 is 15.1 Å². The summed E-state index contributed by atoms with van der Waals surface area (Å²) in [5.74, 6) is -0.546. The molecule has 0 atom stereocenters. The van der Waals surface area contributed by atoms with Crippen LogP contribution in [-0.2, 0) is 16.0 Å². The van der Waals surface area contributed by atoms with Gasteiger partial charge in [-0.2, -0.15) is 0 Å². The second kappa shape index (κ2) is 6.74. The molecule has 0 radical (unpaired) electrons. The van der Waals surface area contributed by atoms with Gasteiger partial charge >= 0.3 is 11.8 Å². The van der Waals surface area contributed by atoms with Gasteiger partial charge in [-0.3, -0.25) is 9.59 Å². The second-order valence-electron chi connectivity index (χ2n) is 4.79. The molecule has 21 heavy (non-hydrogen) atoms. The SMILES string of the molecule is Cc1cccc(NC(=O)C(=O)NCCc2ccco2)c1C. The highest BCUT2D eigenvalue weighted by Crippen LogP contribution is 2.17. The van der Waals surface area contributed by atoms with Crippen molar-refractivity contribution in [2.75, 3.05) is 11.9 Å². The van der Waals surface area contributed by atoms with Crippen LogP contribution in [0.25, 0.3) is 0 Å². The largest absolute Gasteiger partial charge is 0.469 e. The molecule has 2 N–H and O–H groups in total. The highest BCUT2D eigenvalue weighted by molar-refractivity contribution is 6.39. The number of furan rings is 1. The van der Waals surface area contributed by atoms with E-state index in [0.717, 1.165) is 16.9 Å². The Balaban J connectivity index is 1.85. The van der Waals surface area contributed by atoms with Crippen LogP contribution in [0.2, 0.25) is 0 Å². The molecule has 5 nitrogen and oxygen atoms in total. The molecule has 2 aromatic rings. The van der Waals surface area contributed by atoms with Crippen molar-refractivity contribution < 1.29 is 14.0 Å². The lowest BCUT2D eigenvalue weighted by molar-refractivity contribution is -0.136. The van der Waals surface area contributed by atoms with Gasteiger partial charge in [0.2, 0.25) is 0 Å². The molecule has 0 saturated heterocycles. The van der Waals surface area contributed by atoms with Crippen LogP contribution in [-0.4, -0.2) is 18.4 Å². The highest BCUT2D eigenvalue weighted by atomic mass is 16.3. The van der Waals surface area contributed by atoms with Crippen molar-refractivity contribution in [1.29, 1.82) is 0 Å². The molecule has 0 fully saturated rings. The van der Waals surface area contributed by atoms with E-state index in [9.17, 15) is 9.59 Å². The van der Waals surface area contributed by atoms with E-state index < -0.39 is 11.8 Å². The van der Waals surface area contributed by atoms with Crippen LogP contribution in [0.15, 0.2) is 41.0 Å². The van der Waals surface area contributed by atoms with E-state index in [-0.39, 0.29) is 0 Å². The number of hydrogen-bond donors (Lipinski definition) is 2. The Hall–Kier alpha value is -2.56. The van der Waals surface area contributed by atoms with Crippen LogP contribution in [0, 0.1) is 13.8 Å². The van der Waals surface area contributed by atoms with Crippen molar-refractivity contribution >= 4 is 17.5 Å². The van der Waals surface area contributed by atoms with Crippen molar-refractivity contribution in [3.8, 4) is 0 Å². The van der Waals surface area contributed by atoms with Crippen molar-refractivity contribution in [3.05, 3.63) is 53.5 Å². The summed E-state index contributed by atoms with van der Waals surface area (Å²) in [6.07, 6.45) is 2.12. The molecule has 0 bridgehead atoms. The summed E-state index contributed by atoms with van der Waals surface area (Å²) in [4.78, 5) is 23.5. The van der Waals surface area contributed by atoms with Crippen LogP contribution in [0.5, 0.6) is 0 Å². The first kappa shape index (κ1) is 14.8. The lowest BCUT2D eigenvalue weighted by Gasteiger charge is -2.10. The summed E-state index contributed by atoms with van der Waals surface area (Å²) in [5.41, 5.74) is 2.67. The fourth-order valence-corrected chi connectivity index (χ4v) is 1.90. The van der Waals surface area contributed by atoms with Gasteiger partial charge in [0.25, 0.3) is 0 Å². The van der Waals surface area contributed by atoms with E-state index in [2.05, 4.69) is 10.6 Å². The molecule has 5 heteroatoms. The molecule has 2 rings (SSSR count). The smallest absolute Gasteiger partial charge is 0.313 e. The van der Waals surface area contributed by atoms with Crippen LogP contribution >= 0.6 is 0 Å². The molecular weight excluding hydrogens is 268 g/mol. The van der Waals surface area contributed by atoms with Crippen LogP contribution in [0.4, 0.5) is 5.69 Å². The monoisotopic (exact) mass is 286 g/mol. The van der Waals surface area contributed by atoms with E-state index in [0.29, 0.717) is 18.7 Å². The summed E-state index contributed by atoms with van der Waals surface area (Å²) >= 11 is 0. The molecular formula is C16H18N2O3. The molecule has 0 unspecified atom stereocenters. The number of benzene rings is 1. The lowest BCUT2D eigenvalue weighted by atomic mass is 10.1. The van der Waals surface area contributed by atoms with Gasteiger partial charge in [-0.1, -0.05) is 12.1 Å². The quantitative estimate of drug-likeness (QED) is 0.846. The number of anilines is 1. The van der Waals surface area contributed by atoms with Crippen LogP contribution in [0.1, 0.15) is 16.9 Å². The predicted octanol–water partition coefficient (Wildman–Crippen LogP) is 2.19. The molecule has 0 saturated carbocycles. The highest BCUT2D eigenvalue weighted by Gasteiger charge is 2.14. The van der Waals surface area contributed by atoms with E-state index in [4.69, 9.17) is 4.42 Å². The Kier molecular flexibility index (Phi) is 4.77. The maximum Gasteiger partial charge on any atom is 0.313 e. The number of carbonyl (C=O) groups excluding carboxylic acids is 2. The first-order chi connectivity index (χ1) is 10.1. The molecule has 110 valence electrons. The third-order valence-electron chi connectivity index (χ3n) is 3.30. The number of carbonyl (C=O) groups is 2. The maximum atomic E-state index is 11.8. The Labute approximate surface area is 123 Å². The standard InChI is InChI=1S/C16H18N2O3/c1-11-5-3-7-14(12(11)2)18-16(20)15(19)17-9-8-13-6-4-10-21-13/h3-7,10H,8-9H2,1-2H3,(H,17,19)(H,18,20). The van der Waals surface area contributed by atoms with Gasteiger partial charge in [0, 0.05) is 18.7 Å². The van der Waals surface area contributed by atoms with Gasteiger partial charge in [0.1, 0.15) is 5.76 Å². The maximum absolute atomic E-state index is 11.8. The Bertz CT molecular complexity index is 633. The molecule has 0 aliphatic heterocycles. The van der Waals surface area contributed by atoms with Crippen LogP contribution < -0.4 is 10.6 Å². The topological polar surface area (TPSA) is 71.3 Å². The molecule has 0 spiro atoms. The van der Waals surface area contributed by atoms with Crippen LogP contribution in [0.3, 0.4) is 0 Å². The number of aryl methyl sites for hydroxylation is 1. The molecule has 0 aliphatic carbocycles. The van der Waals surface area contributed by atoms with E-state index in [1.165, 1.54) is 0 Å². The molecule has 2 amide bonds. The first-order valence-corrected chi connectivity index (χ1v) is 6.75. The summed E-state index contributed by atoms with van der Waals surface area (Å²) in [5, 5.41) is 5.18. The second-order valence-corrected chi connectivity index (χ2v) is 4.79. The number of rotatable bonds is 4. The van der Waals surface area contributed by atoms with Gasteiger partial charge in [-0.05, 0) is 43.2 Å². The third kappa shape index (κ3) is 3.95. The zero-order valence-electron chi connectivity index (χ0n) is 12.1. The van der Waals surface area contributed by atoms with Crippen molar-refractivity contribution in [3.63, 3.8) is 0 Å². The van der Waals surface area contributed by atoms with Gasteiger partial charge in [0.05, 0.1) is 6.26 Å². The van der Waals surface area contributed by atoms with E-state index >= 15 is 0 Å². The Morgan fingerprint density at radius 3 is 2.62 bits per heavy atom. The predicted molar refractivity (Wildman–Crippen MR) is 80.0 cm³/mol. The summed E-state index contributed by atoms with van der Waals surface area (Å²) in [6, 6.07) is 9.17. The van der Waals surface area contributed by atoms with Gasteiger partial charge in [0.15, 0.2) is 0 Å². The third-order valence-corrected chi connectivity index (χ3v) is 3.30. The minimum absolute atomic E-state index is 0.354. The minimum Gasteiger partial charge on any atom is -0.469 e. The minimum atomic E-state index is -0.664. The fourth-order valence-electron chi connectivity index (χ4n) is 1.90. The first-order valence-electron chi connectivity index (χ1n) is 6.75. The zero-order chi connectivity index (χ0) is 15.2. The molecule has 0 aliphatic rings. The zero-order valence-corrected chi connectivity index (χ0v) is 12.1. The fraction of sp³-hybridized carbons (Fsp3) is 0.250. The summed E-state index contributed by atoms with van der Waals surface area (Å²) in [6.45, 7) is 4.21. The summed E-state index contributed by atoms with van der Waals surface area (Å²) < 4.78 is 5.15. The number of amides is 2. The van der Waals surface area contributed by atoms with E-state index in [1.807, 2.05) is 32.0 Å². The average Bonchev–Trinajstić information content (AvgIpc) is 2.97. The van der Waals surface area contributed by atoms with Crippen molar-refractivity contribution in [1.82, 2.24) is 5.32 Å². The average molecular weight is 286 g/mol. The van der Waals surface area contributed by atoms with Gasteiger partial charge in [-0.15, -0.1) is 0 Å². The Morgan fingerprint density at radius 2 is 1.90 bits per heavy atom. The molecule has 1 aromatic carbocycles. The molecule has 1 heterocycles. The van der Waals surface area contributed by atoms with Crippen molar-refractivity contribution in [2.45, 2.75) is 20.3 Å². The Morgan fingerprint density at radius 1 is 1.10 bits per heavy atom. The van der Waals surface area contributed by atoms with E-state index in [1.54, 1.807) is 18.4 Å². The molecule has 1 aromatic heterocycles. The number of nitrogens with one attached hydrogen (secondary N) is 2. The van der Waals surface area contributed by atoms with Crippen molar-refractivity contribution in [2.24, 2.45) is 0 Å². The normalized spacial score (nSPS) is 10.2. The lowest BCUT2D eigenvalue weighted by Crippen LogP contribution is -2.36. The van der Waals surface area contributed by atoms with Gasteiger partial charge in [-0.25, -0.2) is 0 Å². The number of hydrogen-bond acceptors (Lipinski definition) is 3.